The molecule has 2 aromatic heterocycles. The van der Waals surface area contributed by atoms with Crippen molar-refractivity contribution in [3.05, 3.63) is 95.0 Å². The maximum Gasteiger partial charge on any atom is 0.107 e. The molecule has 2 aromatic carbocycles. The molecule has 26 heavy (non-hydrogen) atoms. The molecule has 4 heteroatoms. The van der Waals surface area contributed by atoms with E-state index in [4.69, 9.17) is 5.10 Å². The molecular weight excluding hydrogens is 338 g/mol. The van der Waals surface area contributed by atoms with Crippen LogP contribution in [0.4, 0.5) is 0 Å². The number of thiophene rings is 1. The molecule has 0 aliphatic rings. The van der Waals surface area contributed by atoms with E-state index in [9.17, 15) is 0 Å². The summed E-state index contributed by atoms with van der Waals surface area (Å²) in [6.07, 6.45) is 2.13. The first kappa shape index (κ1) is 16.8. The quantitative estimate of drug-likeness (QED) is 0.513. The van der Waals surface area contributed by atoms with E-state index in [0.29, 0.717) is 0 Å². The van der Waals surface area contributed by atoms with Gasteiger partial charge in [-0.2, -0.15) is 5.10 Å². The standard InChI is InChI=1S/C22H21N3S/c1-17-9-11-18(12-10-17)14-23-15-19-16-25(20-6-3-2-4-7-20)24-22(19)21-8-5-13-26-21/h2-13,16,23H,14-15H2,1H3. The number of rotatable bonds is 6. The predicted octanol–water partition coefficient (Wildman–Crippen LogP) is 5.20. The Morgan fingerprint density at radius 1 is 0.923 bits per heavy atom. The summed E-state index contributed by atoms with van der Waals surface area (Å²) in [6.45, 7) is 3.75. The predicted molar refractivity (Wildman–Crippen MR) is 109 cm³/mol. The van der Waals surface area contributed by atoms with Crippen LogP contribution in [0.15, 0.2) is 78.3 Å². The van der Waals surface area contributed by atoms with Gasteiger partial charge in [-0.25, -0.2) is 4.68 Å². The smallest absolute Gasteiger partial charge is 0.107 e. The van der Waals surface area contributed by atoms with Crippen LogP contribution < -0.4 is 5.32 Å². The minimum atomic E-state index is 0.786. The van der Waals surface area contributed by atoms with Gasteiger partial charge in [0, 0.05) is 24.8 Å². The van der Waals surface area contributed by atoms with Crippen molar-refractivity contribution in [3.63, 3.8) is 0 Å². The fraction of sp³-hybridized carbons (Fsp3) is 0.136. The summed E-state index contributed by atoms with van der Waals surface area (Å²) in [5.74, 6) is 0. The van der Waals surface area contributed by atoms with Crippen LogP contribution in [0.2, 0.25) is 0 Å². The number of para-hydroxylation sites is 1. The number of hydrogen-bond acceptors (Lipinski definition) is 3. The van der Waals surface area contributed by atoms with Crippen molar-refractivity contribution < 1.29 is 0 Å². The van der Waals surface area contributed by atoms with Crippen molar-refractivity contribution in [2.24, 2.45) is 0 Å². The van der Waals surface area contributed by atoms with E-state index >= 15 is 0 Å². The molecule has 0 saturated heterocycles. The summed E-state index contributed by atoms with van der Waals surface area (Å²) < 4.78 is 1.97. The lowest BCUT2D eigenvalue weighted by atomic mass is 10.1. The minimum absolute atomic E-state index is 0.786. The van der Waals surface area contributed by atoms with Crippen molar-refractivity contribution in [1.29, 1.82) is 0 Å². The zero-order valence-electron chi connectivity index (χ0n) is 14.7. The first-order valence-electron chi connectivity index (χ1n) is 8.74. The lowest BCUT2D eigenvalue weighted by molar-refractivity contribution is 0.694. The molecule has 0 aliphatic carbocycles. The number of hydrogen-bond donors (Lipinski definition) is 1. The van der Waals surface area contributed by atoms with Crippen LogP contribution in [0.5, 0.6) is 0 Å². The Bertz CT molecular complexity index is 955. The van der Waals surface area contributed by atoms with Crippen LogP contribution >= 0.6 is 11.3 Å². The van der Waals surface area contributed by atoms with Crippen molar-refractivity contribution in [2.45, 2.75) is 20.0 Å². The summed E-state index contributed by atoms with van der Waals surface area (Å²) in [7, 11) is 0. The zero-order chi connectivity index (χ0) is 17.8. The van der Waals surface area contributed by atoms with E-state index in [1.54, 1.807) is 11.3 Å². The van der Waals surface area contributed by atoms with Gasteiger partial charge in [-0.3, -0.25) is 0 Å². The highest BCUT2D eigenvalue weighted by molar-refractivity contribution is 7.13. The number of nitrogens with zero attached hydrogens (tertiary/aromatic N) is 2. The van der Waals surface area contributed by atoms with Gasteiger partial charge in [-0.05, 0) is 36.1 Å². The Morgan fingerprint density at radius 3 is 2.46 bits per heavy atom. The molecule has 3 nitrogen and oxygen atoms in total. The SMILES string of the molecule is Cc1ccc(CNCc2cn(-c3ccccc3)nc2-c2cccs2)cc1. The first-order chi connectivity index (χ1) is 12.8. The Hall–Kier alpha value is -2.69. The number of benzene rings is 2. The van der Waals surface area contributed by atoms with Gasteiger partial charge < -0.3 is 5.32 Å². The fourth-order valence-corrected chi connectivity index (χ4v) is 3.66. The maximum atomic E-state index is 4.85. The largest absolute Gasteiger partial charge is 0.308 e. The molecule has 2 heterocycles. The molecule has 4 rings (SSSR count). The molecule has 0 atom stereocenters. The summed E-state index contributed by atoms with van der Waals surface area (Å²) in [4.78, 5) is 1.20. The highest BCUT2D eigenvalue weighted by Gasteiger charge is 2.12. The number of nitrogens with one attached hydrogen (secondary N) is 1. The van der Waals surface area contributed by atoms with Crippen LogP contribution in [0.25, 0.3) is 16.3 Å². The van der Waals surface area contributed by atoms with Gasteiger partial charge in [0.2, 0.25) is 0 Å². The molecule has 1 N–H and O–H groups in total. The summed E-state index contributed by atoms with van der Waals surface area (Å²) >= 11 is 1.73. The average molecular weight is 359 g/mol. The second-order valence-electron chi connectivity index (χ2n) is 6.35. The monoisotopic (exact) mass is 359 g/mol. The summed E-state index contributed by atoms with van der Waals surface area (Å²) in [5, 5.41) is 10.5. The van der Waals surface area contributed by atoms with Crippen LogP contribution in [0, 0.1) is 6.92 Å². The highest BCUT2D eigenvalue weighted by atomic mass is 32.1. The van der Waals surface area contributed by atoms with E-state index in [1.165, 1.54) is 21.6 Å². The van der Waals surface area contributed by atoms with Gasteiger partial charge >= 0.3 is 0 Å². The van der Waals surface area contributed by atoms with Crippen molar-refractivity contribution in [1.82, 2.24) is 15.1 Å². The van der Waals surface area contributed by atoms with E-state index in [0.717, 1.165) is 24.5 Å². The molecule has 130 valence electrons. The topological polar surface area (TPSA) is 29.9 Å². The molecule has 0 bridgehead atoms. The normalized spacial score (nSPS) is 11.0. The van der Waals surface area contributed by atoms with Crippen LogP contribution in [0.3, 0.4) is 0 Å². The van der Waals surface area contributed by atoms with Gasteiger partial charge in [0.15, 0.2) is 0 Å². The summed E-state index contributed by atoms with van der Waals surface area (Å²) in [6, 6.07) is 23.1. The summed E-state index contributed by atoms with van der Waals surface area (Å²) in [5.41, 5.74) is 5.93. The minimum Gasteiger partial charge on any atom is -0.308 e. The van der Waals surface area contributed by atoms with Gasteiger partial charge in [0.25, 0.3) is 0 Å². The van der Waals surface area contributed by atoms with Gasteiger partial charge in [-0.1, -0.05) is 54.1 Å². The van der Waals surface area contributed by atoms with Gasteiger partial charge in [0.05, 0.1) is 10.6 Å². The first-order valence-corrected chi connectivity index (χ1v) is 9.62. The second-order valence-corrected chi connectivity index (χ2v) is 7.30. The van der Waals surface area contributed by atoms with Crippen molar-refractivity contribution in [3.8, 4) is 16.3 Å². The van der Waals surface area contributed by atoms with Crippen molar-refractivity contribution >= 4 is 11.3 Å². The van der Waals surface area contributed by atoms with Gasteiger partial charge in [-0.15, -0.1) is 11.3 Å². The highest BCUT2D eigenvalue weighted by Crippen LogP contribution is 2.27. The van der Waals surface area contributed by atoms with Crippen molar-refractivity contribution in [2.75, 3.05) is 0 Å². The lowest BCUT2D eigenvalue weighted by Gasteiger charge is -2.05. The fourth-order valence-electron chi connectivity index (χ4n) is 2.92. The Kier molecular flexibility index (Phi) is 4.95. The molecule has 0 spiro atoms. The molecule has 0 aliphatic heterocycles. The molecule has 0 saturated carbocycles. The van der Waals surface area contributed by atoms with E-state index in [1.807, 2.05) is 22.9 Å². The third-order valence-electron chi connectivity index (χ3n) is 4.33. The van der Waals surface area contributed by atoms with Crippen LogP contribution in [-0.4, -0.2) is 9.78 Å². The van der Waals surface area contributed by atoms with E-state index in [2.05, 4.69) is 72.3 Å². The Morgan fingerprint density at radius 2 is 1.73 bits per heavy atom. The number of aromatic nitrogens is 2. The van der Waals surface area contributed by atoms with Crippen LogP contribution in [-0.2, 0) is 13.1 Å². The Labute approximate surface area is 157 Å². The molecule has 0 unspecified atom stereocenters. The third kappa shape index (κ3) is 3.77. The van der Waals surface area contributed by atoms with Crippen LogP contribution in [0.1, 0.15) is 16.7 Å². The maximum absolute atomic E-state index is 4.85. The zero-order valence-corrected chi connectivity index (χ0v) is 15.5. The number of aryl methyl sites for hydroxylation is 1. The average Bonchev–Trinajstić information content (AvgIpc) is 3.34. The van der Waals surface area contributed by atoms with Gasteiger partial charge in [0.1, 0.15) is 5.69 Å². The molecular formula is C22H21N3S. The molecule has 4 aromatic rings. The second kappa shape index (κ2) is 7.68. The van der Waals surface area contributed by atoms with E-state index in [-0.39, 0.29) is 0 Å². The molecule has 0 fully saturated rings. The Balaban J connectivity index is 1.55. The third-order valence-corrected chi connectivity index (χ3v) is 5.21. The van der Waals surface area contributed by atoms with E-state index < -0.39 is 0 Å². The molecule has 0 amide bonds. The lowest BCUT2D eigenvalue weighted by Crippen LogP contribution is -2.12. The molecule has 0 radical (unpaired) electrons.